The molecule has 1 aromatic rings. The second-order valence-electron chi connectivity index (χ2n) is 2.78. The van der Waals surface area contributed by atoms with E-state index >= 15 is 0 Å². The van der Waals surface area contributed by atoms with Crippen LogP contribution in [0.15, 0.2) is 18.2 Å². The van der Waals surface area contributed by atoms with Gasteiger partial charge in [0, 0.05) is 0 Å². The van der Waals surface area contributed by atoms with Crippen LogP contribution in [0.1, 0.15) is 25.8 Å². The van der Waals surface area contributed by atoms with Crippen LogP contribution < -0.4 is 10.4 Å². The molecule has 1 aromatic carbocycles. The lowest BCUT2D eigenvalue weighted by molar-refractivity contribution is 1.41. The third kappa shape index (κ3) is 1.76. The van der Waals surface area contributed by atoms with Crippen LogP contribution in [0.5, 0.6) is 0 Å². The molecular formula is C12H16. The van der Waals surface area contributed by atoms with Crippen molar-refractivity contribution in [2.45, 2.75) is 27.2 Å². The Morgan fingerprint density at radius 1 is 1.00 bits per heavy atom. The van der Waals surface area contributed by atoms with E-state index < -0.39 is 0 Å². The predicted octanol–water partition coefficient (Wildman–Crippen LogP) is 1.99. The molecule has 0 saturated heterocycles. The normalized spacial score (nSPS) is 11.9. The fourth-order valence-corrected chi connectivity index (χ4v) is 1.37. The van der Waals surface area contributed by atoms with Crippen molar-refractivity contribution in [2.75, 3.05) is 0 Å². The highest BCUT2D eigenvalue weighted by Crippen LogP contribution is 1.92. The first-order valence-electron chi connectivity index (χ1n) is 4.63. The Hall–Kier alpha value is -1.04. The van der Waals surface area contributed by atoms with Gasteiger partial charge >= 0.3 is 0 Å². The standard InChI is InChI=1S/C10H10.C2H6/c1-8-5-6-9-3-2-4-10(9)7-8;1-2/h3-7H,2H2,1H3;1-2H3. The van der Waals surface area contributed by atoms with Crippen molar-refractivity contribution < 1.29 is 0 Å². The number of fused-ring (bicyclic) bond motifs is 1. The molecule has 0 saturated carbocycles. The molecule has 0 N–H and O–H groups in total. The Balaban J connectivity index is 0.000000336. The smallest absolute Gasteiger partial charge is 0.0151 e. The Morgan fingerprint density at radius 3 is 2.42 bits per heavy atom. The van der Waals surface area contributed by atoms with Gasteiger partial charge in [0.15, 0.2) is 0 Å². The van der Waals surface area contributed by atoms with E-state index in [9.17, 15) is 0 Å². The molecule has 64 valence electrons. The van der Waals surface area contributed by atoms with Crippen molar-refractivity contribution in [2.24, 2.45) is 0 Å². The van der Waals surface area contributed by atoms with Crippen molar-refractivity contribution >= 4 is 12.2 Å². The van der Waals surface area contributed by atoms with Crippen molar-refractivity contribution in [3.05, 3.63) is 34.2 Å². The van der Waals surface area contributed by atoms with Crippen LogP contribution in [-0.2, 0) is 0 Å². The summed E-state index contributed by atoms with van der Waals surface area (Å²) in [5, 5.41) is 2.80. The SMILES string of the molecule is CC.Cc1ccc2c(c1)=CCC=2. The molecule has 0 spiro atoms. The van der Waals surface area contributed by atoms with Crippen molar-refractivity contribution in [3.63, 3.8) is 0 Å². The van der Waals surface area contributed by atoms with Gasteiger partial charge in [-0.15, -0.1) is 0 Å². The van der Waals surface area contributed by atoms with E-state index in [0.29, 0.717) is 0 Å². The van der Waals surface area contributed by atoms with Crippen LogP contribution in [0.4, 0.5) is 0 Å². The molecule has 12 heavy (non-hydrogen) atoms. The number of benzene rings is 1. The first-order chi connectivity index (χ1) is 5.86. The third-order valence-electron chi connectivity index (χ3n) is 1.92. The summed E-state index contributed by atoms with van der Waals surface area (Å²) in [6.45, 7) is 6.13. The fourth-order valence-electron chi connectivity index (χ4n) is 1.37. The molecule has 1 aliphatic rings. The zero-order valence-corrected chi connectivity index (χ0v) is 8.09. The minimum Gasteiger partial charge on any atom is -0.0729 e. The summed E-state index contributed by atoms with van der Waals surface area (Å²) >= 11 is 0. The third-order valence-corrected chi connectivity index (χ3v) is 1.92. The van der Waals surface area contributed by atoms with Gasteiger partial charge in [-0.1, -0.05) is 49.8 Å². The van der Waals surface area contributed by atoms with Gasteiger partial charge < -0.3 is 0 Å². The highest BCUT2D eigenvalue weighted by atomic mass is 14.0. The molecule has 0 aromatic heterocycles. The number of rotatable bonds is 0. The Morgan fingerprint density at radius 2 is 1.67 bits per heavy atom. The molecule has 0 heterocycles. The lowest BCUT2D eigenvalue weighted by Crippen LogP contribution is -2.20. The molecular weight excluding hydrogens is 144 g/mol. The van der Waals surface area contributed by atoms with E-state index in [4.69, 9.17) is 0 Å². The minimum absolute atomic E-state index is 1.11. The second kappa shape index (κ2) is 4.10. The van der Waals surface area contributed by atoms with E-state index in [1.54, 1.807) is 0 Å². The number of hydrogen-bond donors (Lipinski definition) is 0. The van der Waals surface area contributed by atoms with Gasteiger partial charge in [-0.05, 0) is 23.8 Å². The van der Waals surface area contributed by atoms with Crippen molar-refractivity contribution in [1.82, 2.24) is 0 Å². The maximum absolute atomic E-state index is 2.27. The first kappa shape index (κ1) is 9.05. The minimum atomic E-state index is 1.11. The van der Waals surface area contributed by atoms with Crippen LogP contribution in [0.3, 0.4) is 0 Å². The monoisotopic (exact) mass is 160 g/mol. The molecule has 0 bridgehead atoms. The van der Waals surface area contributed by atoms with Crippen LogP contribution >= 0.6 is 0 Å². The number of aryl methyl sites for hydroxylation is 1. The van der Waals surface area contributed by atoms with E-state index in [1.165, 1.54) is 16.0 Å². The topological polar surface area (TPSA) is 0 Å². The summed E-state index contributed by atoms with van der Waals surface area (Å²) in [6.07, 6.45) is 5.63. The van der Waals surface area contributed by atoms with Crippen molar-refractivity contribution in [3.8, 4) is 0 Å². The first-order valence-corrected chi connectivity index (χ1v) is 4.63. The van der Waals surface area contributed by atoms with Crippen molar-refractivity contribution in [1.29, 1.82) is 0 Å². The summed E-state index contributed by atoms with van der Waals surface area (Å²) < 4.78 is 0. The molecule has 0 nitrogen and oxygen atoms in total. The van der Waals surface area contributed by atoms with Crippen LogP contribution in [0.2, 0.25) is 0 Å². The molecule has 0 amide bonds. The van der Waals surface area contributed by atoms with Gasteiger partial charge in [0.2, 0.25) is 0 Å². The van der Waals surface area contributed by atoms with Gasteiger partial charge in [-0.3, -0.25) is 0 Å². The summed E-state index contributed by atoms with van der Waals surface area (Å²) in [6, 6.07) is 6.58. The van der Waals surface area contributed by atoms with E-state index in [2.05, 4.69) is 37.3 Å². The van der Waals surface area contributed by atoms with E-state index in [0.717, 1.165) is 6.42 Å². The lowest BCUT2D eigenvalue weighted by Gasteiger charge is -1.88. The molecule has 0 radical (unpaired) electrons. The highest BCUT2D eigenvalue weighted by Gasteiger charge is 1.91. The zero-order valence-electron chi connectivity index (χ0n) is 8.09. The summed E-state index contributed by atoms with van der Waals surface area (Å²) in [5.41, 5.74) is 1.35. The molecule has 0 aliphatic heterocycles. The highest BCUT2D eigenvalue weighted by molar-refractivity contribution is 5.46. The zero-order chi connectivity index (χ0) is 8.97. The molecule has 2 rings (SSSR count). The maximum Gasteiger partial charge on any atom is -0.0151 e. The largest absolute Gasteiger partial charge is 0.0729 e. The predicted molar refractivity (Wildman–Crippen MR) is 55.3 cm³/mol. The molecule has 0 heteroatoms. The average Bonchev–Trinajstić information content (AvgIpc) is 2.54. The summed E-state index contributed by atoms with van der Waals surface area (Å²) in [5.74, 6) is 0. The van der Waals surface area contributed by atoms with Gasteiger partial charge in [0.25, 0.3) is 0 Å². The quantitative estimate of drug-likeness (QED) is 0.544. The van der Waals surface area contributed by atoms with E-state index in [-0.39, 0.29) is 0 Å². The summed E-state index contributed by atoms with van der Waals surface area (Å²) in [7, 11) is 0. The molecule has 1 aliphatic carbocycles. The van der Waals surface area contributed by atoms with Crippen LogP contribution in [-0.4, -0.2) is 0 Å². The summed E-state index contributed by atoms with van der Waals surface area (Å²) in [4.78, 5) is 0. The van der Waals surface area contributed by atoms with Crippen LogP contribution in [0.25, 0.3) is 12.2 Å². The maximum atomic E-state index is 2.27. The fraction of sp³-hybridized carbons (Fsp3) is 0.333. The van der Waals surface area contributed by atoms with Crippen LogP contribution in [0, 0.1) is 6.92 Å². The molecule has 0 fully saturated rings. The Bertz CT molecular complexity index is 358. The van der Waals surface area contributed by atoms with E-state index in [1.807, 2.05) is 13.8 Å². The van der Waals surface area contributed by atoms with Gasteiger partial charge in [0.05, 0.1) is 0 Å². The second-order valence-corrected chi connectivity index (χ2v) is 2.78. The Kier molecular flexibility index (Phi) is 3.09. The number of hydrogen-bond acceptors (Lipinski definition) is 0. The molecule has 0 unspecified atom stereocenters. The Labute approximate surface area is 74.2 Å². The lowest BCUT2D eigenvalue weighted by atomic mass is 10.2. The van der Waals surface area contributed by atoms with Gasteiger partial charge in [-0.25, -0.2) is 0 Å². The molecule has 0 atom stereocenters. The van der Waals surface area contributed by atoms with Gasteiger partial charge in [0.1, 0.15) is 0 Å². The van der Waals surface area contributed by atoms with Gasteiger partial charge in [-0.2, -0.15) is 0 Å². The average molecular weight is 160 g/mol.